The van der Waals surface area contributed by atoms with Gasteiger partial charge in [0.2, 0.25) is 5.91 Å². The minimum Gasteiger partial charge on any atom is -0.468 e. The number of hydrogen-bond acceptors (Lipinski definition) is 5. The number of esters is 1. The molecule has 17 heavy (non-hydrogen) atoms. The molecule has 3 N–H and O–H groups in total. The SMILES string of the molecule is CCCCNC(=O)CSCCC(N)C(=O)OC. The fourth-order valence-electron chi connectivity index (χ4n) is 1.10. The number of nitrogens with one attached hydrogen (secondary N) is 1. The molecule has 0 spiro atoms. The first kappa shape index (κ1) is 16.2. The summed E-state index contributed by atoms with van der Waals surface area (Å²) in [5.74, 6) is 0.725. The van der Waals surface area contributed by atoms with Crippen LogP contribution in [0.15, 0.2) is 0 Å². The van der Waals surface area contributed by atoms with Gasteiger partial charge in [0.15, 0.2) is 0 Å². The van der Waals surface area contributed by atoms with Crippen molar-refractivity contribution in [2.75, 3.05) is 25.2 Å². The highest BCUT2D eigenvalue weighted by Crippen LogP contribution is 2.04. The molecule has 0 fully saturated rings. The van der Waals surface area contributed by atoms with Crippen LogP contribution in [-0.4, -0.2) is 43.1 Å². The average molecular weight is 262 g/mol. The second-order valence-electron chi connectivity index (χ2n) is 3.67. The van der Waals surface area contributed by atoms with Crippen LogP contribution < -0.4 is 11.1 Å². The Morgan fingerprint density at radius 2 is 2.18 bits per heavy atom. The van der Waals surface area contributed by atoms with Crippen LogP contribution in [0.4, 0.5) is 0 Å². The van der Waals surface area contributed by atoms with Gasteiger partial charge in [-0.2, -0.15) is 11.8 Å². The molecule has 0 aliphatic heterocycles. The summed E-state index contributed by atoms with van der Waals surface area (Å²) in [5, 5.41) is 2.82. The summed E-state index contributed by atoms with van der Waals surface area (Å²) in [6, 6.07) is -0.587. The van der Waals surface area contributed by atoms with E-state index < -0.39 is 12.0 Å². The van der Waals surface area contributed by atoms with Crippen molar-refractivity contribution in [3.63, 3.8) is 0 Å². The Morgan fingerprint density at radius 1 is 1.47 bits per heavy atom. The molecule has 0 aromatic carbocycles. The Hall–Kier alpha value is -0.750. The van der Waals surface area contributed by atoms with E-state index in [0.29, 0.717) is 17.9 Å². The summed E-state index contributed by atoms with van der Waals surface area (Å²) in [6.45, 7) is 2.81. The summed E-state index contributed by atoms with van der Waals surface area (Å²) >= 11 is 1.48. The molecule has 6 heteroatoms. The monoisotopic (exact) mass is 262 g/mol. The van der Waals surface area contributed by atoms with E-state index in [4.69, 9.17) is 5.73 Å². The summed E-state index contributed by atoms with van der Waals surface area (Å²) in [6.07, 6.45) is 2.60. The zero-order valence-electron chi connectivity index (χ0n) is 10.5. The number of methoxy groups -OCH3 is 1. The highest BCUT2D eigenvalue weighted by molar-refractivity contribution is 7.99. The molecule has 0 aliphatic rings. The van der Waals surface area contributed by atoms with Crippen molar-refractivity contribution in [2.24, 2.45) is 5.73 Å². The molecule has 0 rings (SSSR count). The minimum atomic E-state index is -0.587. The number of rotatable bonds is 9. The van der Waals surface area contributed by atoms with Crippen molar-refractivity contribution in [3.8, 4) is 0 Å². The van der Waals surface area contributed by atoms with E-state index in [1.165, 1.54) is 18.9 Å². The van der Waals surface area contributed by atoms with Gasteiger partial charge in [0.05, 0.1) is 12.9 Å². The number of amides is 1. The largest absolute Gasteiger partial charge is 0.468 e. The predicted octanol–water partition coefficient (Wildman–Crippen LogP) is 0.526. The number of carbonyl (C=O) groups excluding carboxylic acids is 2. The van der Waals surface area contributed by atoms with Crippen LogP contribution in [0, 0.1) is 0 Å². The zero-order chi connectivity index (χ0) is 13.1. The summed E-state index contributed by atoms with van der Waals surface area (Å²) in [5.41, 5.74) is 5.55. The van der Waals surface area contributed by atoms with Crippen LogP contribution in [0.1, 0.15) is 26.2 Å². The van der Waals surface area contributed by atoms with E-state index in [2.05, 4.69) is 17.0 Å². The molecule has 0 bridgehead atoms. The average Bonchev–Trinajstić information content (AvgIpc) is 2.33. The highest BCUT2D eigenvalue weighted by Gasteiger charge is 2.13. The lowest BCUT2D eigenvalue weighted by Gasteiger charge is -2.08. The topological polar surface area (TPSA) is 81.4 Å². The first-order valence-electron chi connectivity index (χ1n) is 5.79. The van der Waals surface area contributed by atoms with Gasteiger partial charge in [0.1, 0.15) is 6.04 Å². The van der Waals surface area contributed by atoms with Crippen LogP contribution in [0.3, 0.4) is 0 Å². The summed E-state index contributed by atoms with van der Waals surface area (Å²) in [4.78, 5) is 22.3. The lowest BCUT2D eigenvalue weighted by Crippen LogP contribution is -2.32. The molecule has 0 aliphatic carbocycles. The third-order valence-electron chi connectivity index (χ3n) is 2.16. The number of nitrogens with two attached hydrogens (primary N) is 1. The molecule has 0 aromatic heterocycles. The maximum Gasteiger partial charge on any atom is 0.322 e. The van der Waals surface area contributed by atoms with Gasteiger partial charge < -0.3 is 15.8 Å². The number of thioether (sulfide) groups is 1. The Kier molecular flexibility index (Phi) is 9.95. The van der Waals surface area contributed by atoms with E-state index >= 15 is 0 Å². The fraction of sp³-hybridized carbons (Fsp3) is 0.818. The maximum atomic E-state index is 11.3. The van der Waals surface area contributed by atoms with E-state index in [9.17, 15) is 9.59 Å². The van der Waals surface area contributed by atoms with Crippen molar-refractivity contribution in [3.05, 3.63) is 0 Å². The van der Waals surface area contributed by atoms with E-state index in [0.717, 1.165) is 19.4 Å². The minimum absolute atomic E-state index is 0.0371. The Balaban J connectivity index is 3.44. The molecule has 0 saturated carbocycles. The van der Waals surface area contributed by atoms with Crippen LogP contribution in [-0.2, 0) is 14.3 Å². The Morgan fingerprint density at radius 3 is 2.76 bits per heavy atom. The second-order valence-corrected chi connectivity index (χ2v) is 4.78. The summed E-state index contributed by atoms with van der Waals surface area (Å²) in [7, 11) is 1.32. The molecule has 1 unspecified atom stereocenters. The molecule has 1 atom stereocenters. The lowest BCUT2D eigenvalue weighted by molar-refractivity contribution is -0.142. The van der Waals surface area contributed by atoms with E-state index in [1.807, 2.05) is 0 Å². The molecule has 0 radical (unpaired) electrons. The van der Waals surface area contributed by atoms with Gasteiger partial charge in [0, 0.05) is 6.54 Å². The molecule has 0 heterocycles. The summed E-state index contributed by atoms with van der Waals surface area (Å²) < 4.78 is 4.50. The fourth-order valence-corrected chi connectivity index (χ4v) is 1.95. The second kappa shape index (κ2) is 10.4. The van der Waals surface area contributed by atoms with Crippen molar-refractivity contribution in [1.82, 2.24) is 5.32 Å². The highest BCUT2D eigenvalue weighted by atomic mass is 32.2. The van der Waals surface area contributed by atoms with Crippen LogP contribution in [0.2, 0.25) is 0 Å². The maximum absolute atomic E-state index is 11.3. The lowest BCUT2D eigenvalue weighted by atomic mass is 10.2. The van der Waals surface area contributed by atoms with Crippen LogP contribution in [0.5, 0.6) is 0 Å². The van der Waals surface area contributed by atoms with Gasteiger partial charge in [-0.15, -0.1) is 0 Å². The van der Waals surface area contributed by atoms with E-state index in [1.54, 1.807) is 0 Å². The smallest absolute Gasteiger partial charge is 0.322 e. The van der Waals surface area contributed by atoms with Gasteiger partial charge in [-0.1, -0.05) is 13.3 Å². The number of hydrogen-bond donors (Lipinski definition) is 2. The molecule has 5 nitrogen and oxygen atoms in total. The molecule has 1 amide bonds. The number of carbonyl (C=O) groups is 2. The zero-order valence-corrected chi connectivity index (χ0v) is 11.3. The molecular weight excluding hydrogens is 240 g/mol. The molecule has 0 saturated heterocycles. The van der Waals surface area contributed by atoms with E-state index in [-0.39, 0.29) is 5.91 Å². The standard InChI is InChI=1S/C11H22N2O3S/c1-3-4-6-13-10(14)8-17-7-5-9(12)11(15)16-2/h9H,3-8,12H2,1-2H3,(H,13,14). The number of ether oxygens (including phenoxy) is 1. The predicted molar refractivity (Wildman–Crippen MR) is 69.9 cm³/mol. The molecule has 100 valence electrons. The molecule has 0 aromatic rings. The van der Waals surface area contributed by atoms with Crippen molar-refractivity contribution >= 4 is 23.6 Å². The Bertz CT molecular complexity index is 237. The Labute approximate surface area is 107 Å². The van der Waals surface area contributed by atoms with Gasteiger partial charge in [-0.05, 0) is 18.6 Å². The van der Waals surface area contributed by atoms with Crippen LogP contribution >= 0.6 is 11.8 Å². The third-order valence-corrected chi connectivity index (χ3v) is 3.15. The van der Waals surface area contributed by atoms with Gasteiger partial charge in [0.25, 0.3) is 0 Å². The van der Waals surface area contributed by atoms with Gasteiger partial charge in [-0.3, -0.25) is 9.59 Å². The normalized spacial score (nSPS) is 11.9. The third kappa shape index (κ3) is 9.00. The van der Waals surface area contributed by atoms with Gasteiger partial charge in [-0.25, -0.2) is 0 Å². The van der Waals surface area contributed by atoms with Crippen LogP contribution in [0.25, 0.3) is 0 Å². The first-order chi connectivity index (χ1) is 8.11. The quantitative estimate of drug-likeness (QED) is 0.468. The number of unbranched alkanes of at least 4 members (excludes halogenated alkanes) is 1. The van der Waals surface area contributed by atoms with Crippen molar-refractivity contribution in [2.45, 2.75) is 32.2 Å². The van der Waals surface area contributed by atoms with Crippen molar-refractivity contribution < 1.29 is 14.3 Å². The van der Waals surface area contributed by atoms with Gasteiger partial charge >= 0.3 is 5.97 Å². The van der Waals surface area contributed by atoms with Crippen molar-refractivity contribution in [1.29, 1.82) is 0 Å². The first-order valence-corrected chi connectivity index (χ1v) is 6.95. The molecular formula is C11H22N2O3S.